The van der Waals surface area contributed by atoms with Gasteiger partial charge < -0.3 is 19.6 Å². The van der Waals surface area contributed by atoms with Crippen LogP contribution in [-0.2, 0) is 16.0 Å². The van der Waals surface area contributed by atoms with Crippen molar-refractivity contribution in [1.29, 1.82) is 0 Å². The van der Waals surface area contributed by atoms with Crippen molar-refractivity contribution in [2.45, 2.75) is 12.5 Å². The van der Waals surface area contributed by atoms with Crippen LogP contribution in [0.15, 0.2) is 54.1 Å². The van der Waals surface area contributed by atoms with Gasteiger partial charge in [-0.3, -0.25) is 9.59 Å². The average molecular weight is 392 g/mol. The molecule has 29 heavy (non-hydrogen) atoms. The molecule has 6 nitrogen and oxygen atoms in total. The number of likely N-dealkylation sites (tertiary alicyclic amines) is 1. The monoisotopic (exact) mass is 392 g/mol. The van der Waals surface area contributed by atoms with Gasteiger partial charge in [0.15, 0.2) is 0 Å². The molecule has 1 fully saturated rings. The lowest BCUT2D eigenvalue weighted by atomic mass is 9.94. The molecule has 2 aromatic carbocycles. The molecule has 2 heterocycles. The van der Waals surface area contributed by atoms with E-state index in [4.69, 9.17) is 4.74 Å². The number of benzene rings is 2. The molecule has 1 amide bonds. The molecular formula is C23H24N2O4. The van der Waals surface area contributed by atoms with Gasteiger partial charge in [-0.25, -0.2) is 0 Å². The highest BCUT2D eigenvalue weighted by atomic mass is 16.5. The van der Waals surface area contributed by atoms with E-state index in [-0.39, 0.29) is 11.3 Å². The fourth-order valence-corrected chi connectivity index (χ4v) is 3.89. The van der Waals surface area contributed by atoms with Crippen molar-refractivity contribution >= 4 is 17.4 Å². The number of rotatable bonds is 5. The van der Waals surface area contributed by atoms with Gasteiger partial charge in [0, 0.05) is 25.1 Å². The Balaban J connectivity index is 1.81. The summed E-state index contributed by atoms with van der Waals surface area (Å²) >= 11 is 0. The first-order chi connectivity index (χ1) is 14.0. The second-order valence-electron chi connectivity index (χ2n) is 7.63. The fourth-order valence-electron chi connectivity index (χ4n) is 3.89. The quantitative estimate of drug-likeness (QED) is 0.481. The minimum absolute atomic E-state index is 0.138. The third-order valence-corrected chi connectivity index (χ3v) is 5.41. The number of hydrogen-bond donors (Lipinski definition) is 1. The third-order valence-electron chi connectivity index (χ3n) is 5.41. The molecule has 0 saturated carbocycles. The first-order valence-corrected chi connectivity index (χ1v) is 9.71. The van der Waals surface area contributed by atoms with Crippen LogP contribution in [0.1, 0.15) is 22.7 Å². The molecule has 1 atom stereocenters. The van der Waals surface area contributed by atoms with Crippen LogP contribution in [0.2, 0.25) is 0 Å². The lowest BCUT2D eigenvalue weighted by Crippen LogP contribution is -2.35. The lowest BCUT2D eigenvalue weighted by Gasteiger charge is -2.26. The standard InChI is InChI=1S/C23H24N2O4/c1-24(2)11-12-25-20(15-6-4-3-5-7-15)19(22(27)23(25)28)21(26)17-8-9-18-16(14-17)10-13-29-18/h3-9,14,20,26H,10-13H2,1-2H3/b21-19-. The van der Waals surface area contributed by atoms with Crippen LogP contribution in [0.4, 0.5) is 0 Å². The summed E-state index contributed by atoms with van der Waals surface area (Å²) < 4.78 is 5.53. The van der Waals surface area contributed by atoms with Crippen molar-refractivity contribution in [3.05, 3.63) is 70.8 Å². The van der Waals surface area contributed by atoms with E-state index in [1.54, 1.807) is 17.0 Å². The second-order valence-corrected chi connectivity index (χ2v) is 7.63. The minimum atomic E-state index is -0.646. The summed E-state index contributed by atoms with van der Waals surface area (Å²) in [7, 11) is 3.83. The van der Waals surface area contributed by atoms with Gasteiger partial charge in [0.1, 0.15) is 11.5 Å². The Bertz CT molecular complexity index is 982. The summed E-state index contributed by atoms with van der Waals surface area (Å²) in [4.78, 5) is 29.3. The van der Waals surface area contributed by atoms with Crippen LogP contribution in [0.25, 0.3) is 5.76 Å². The van der Waals surface area contributed by atoms with Crippen molar-refractivity contribution in [2.75, 3.05) is 33.8 Å². The van der Waals surface area contributed by atoms with Gasteiger partial charge in [-0.2, -0.15) is 0 Å². The summed E-state index contributed by atoms with van der Waals surface area (Å²) in [6.45, 7) is 1.62. The zero-order valence-corrected chi connectivity index (χ0v) is 16.6. The predicted molar refractivity (Wildman–Crippen MR) is 110 cm³/mol. The lowest BCUT2D eigenvalue weighted by molar-refractivity contribution is -0.140. The van der Waals surface area contributed by atoms with Crippen molar-refractivity contribution in [1.82, 2.24) is 9.80 Å². The molecule has 150 valence electrons. The normalized spacial score (nSPS) is 20.2. The molecule has 1 N–H and O–H groups in total. The van der Waals surface area contributed by atoms with E-state index < -0.39 is 17.7 Å². The highest BCUT2D eigenvalue weighted by Gasteiger charge is 2.45. The van der Waals surface area contributed by atoms with E-state index in [1.807, 2.05) is 55.4 Å². The largest absolute Gasteiger partial charge is 0.507 e. The van der Waals surface area contributed by atoms with Crippen LogP contribution in [0.5, 0.6) is 5.75 Å². The Morgan fingerprint density at radius 2 is 1.93 bits per heavy atom. The van der Waals surface area contributed by atoms with Crippen molar-refractivity contribution < 1.29 is 19.4 Å². The van der Waals surface area contributed by atoms with Crippen molar-refractivity contribution in [2.24, 2.45) is 0 Å². The maximum Gasteiger partial charge on any atom is 0.295 e. The van der Waals surface area contributed by atoms with E-state index in [0.29, 0.717) is 25.3 Å². The number of ketones is 1. The van der Waals surface area contributed by atoms with Gasteiger partial charge in [0.2, 0.25) is 0 Å². The van der Waals surface area contributed by atoms with E-state index in [2.05, 4.69) is 0 Å². The van der Waals surface area contributed by atoms with E-state index in [9.17, 15) is 14.7 Å². The van der Waals surface area contributed by atoms with Crippen LogP contribution in [0, 0.1) is 0 Å². The molecule has 2 aliphatic heterocycles. The summed E-state index contributed by atoms with van der Waals surface area (Å²) in [5.74, 6) is -0.564. The van der Waals surface area contributed by atoms with Gasteiger partial charge in [-0.05, 0) is 43.4 Å². The number of fused-ring (bicyclic) bond motifs is 1. The smallest absolute Gasteiger partial charge is 0.295 e. The van der Waals surface area contributed by atoms with Crippen molar-refractivity contribution in [3.63, 3.8) is 0 Å². The SMILES string of the molecule is CN(C)CCN1C(=O)C(=O)/C(=C(\O)c2ccc3c(c2)CCO3)C1c1ccccc1. The van der Waals surface area contributed by atoms with Gasteiger partial charge in [-0.15, -0.1) is 0 Å². The summed E-state index contributed by atoms with van der Waals surface area (Å²) in [6.07, 6.45) is 0.760. The summed E-state index contributed by atoms with van der Waals surface area (Å²) in [5, 5.41) is 11.1. The molecule has 0 spiro atoms. The molecule has 2 aliphatic rings. The van der Waals surface area contributed by atoms with Gasteiger partial charge in [0.05, 0.1) is 18.2 Å². The Labute approximate surface area is 170 Å². The molecule has 4 rings (SSSR count). The molecule has 2 aromatic rings. The molecular weight excluding hydrogens is 368 g/mol. The molecule has 1 unspecified atom stereocenters. The first kappa shape index (κ1) is 19.2. The summed E-state index contributed by atoms with van der Waals surface area (Å²) in [5.41, 5.74) is 2.46. The van der Waals surface area contributed by atoms with Crippen LogP contribution >= 0.6 is 0 Å². The fraction of sp³-hybridized carbons (Fsp3) is 0.304. The first-order valence-electron chi connectivity index (χ1n) is 9.71. The van der Waals surface area contributed by atoms with Crippen LogP contribution in [0.3, 0.4) is 0 Å². The molecule has 0 radical (unpaired) electrons. The van der Waals surface area contributed by atoms with Gasteiger partial charge in [-0.1, -0.05) is 30.3 Å². The number of Topliss-reactive ketones (excluding diaryl/α,β-unsaturated/α-hetero) is 1. The number of amides is 1. The van der Waals surface area contributed by atoms with Crippen LogP contribution < -0.4 is 4.74 Å². The average Bonchev–Trinajstić information content (AvgIpc) is 3.29. The topological polar surface area (TPSA) is 70.1 Å². The Morgan fingerprint density at radius 1 is 1.17 bits per heavy atom. The number of ether oxygens (including phenoxy) is 1. The Hall–Kier alpha value is -3.12. The summed E-state index contributed by atoms with van der Waals surface area (Å²) in [6, 6.07) is 14.1. The zero-order valence-electron chi connectivity index (χ0n) is 16.6. The van der Waals surface area contributed by atoms with E-state index in [1.165, 1.54) is 0 Å². The highest BCUT2D eigenvalue weighted by Crippen LogP contribution is 2.40. The maximum atomic E-state index is 12.9. The maximum absolute atomic E-state index is 12.9. The van der Waals surface area contributed by atoms with E-state index in [0.717, 1.165) is 23.3 Å². The molecule has 0 aromatic heterocycles. The molecule has 1 saturated heterocycles. The van der Waals surface area contributed by atoms with E-state index >= 15 is 0 Å². The van der Waals surface area contributed by atoms with Gasteiger partial charge in [0.25, 0.3) is 11.7 Å². The number of carbonyl (C=O) groups is 2. The minimum Gasteiger partial charge on any atom is -0.507 e. The zero-order chi connectivity index (χ0) is 20.5. The number of nitrogens with zero attached hydrogens (tertiary/aromatic N) is 2. The molecule has 6 heteroatoms. The number of aliphatic hydroxyl groups is 1. The number of aliphatic hydroxyl groups excluding tert-OH is 1. The molecule has 0 aliphatic carbocycles. The number of carbonyl (C=O) groups excluding carboxylic acids is 2. The van der Waals surface area contributed by atoms with Crippen molar-refractivity contribution in [3.8, 4) is 5.75 Å². The third kappa shape index (κ3) is 3.51. The second kappa shape index (κ2) is 7.72. The predicted octanol–water partition coefficient (Wildman–Crippen LogP) is 2.60. The van der Waals surface area contributed by atoms with Gasteiger partial charge >= 0.3 is 0 Å². The number of likely N-dealkylation sites (N-methyl/N-ethyl adjacent to an activating group) is 1. The highest BCUT2D eigenvalue weighted by molar-refractivity contribution is 6.46. The Morgan fingerprint density at radius 3 is 2.66 bits per heavy atom. The van der Waals surface area contributed by atoms with Crippen LogP contribution in [-0.4, -0.2) is 60.4 Å². The number of hydrogen-bond acceptors (Lipinski definition) is 5. The Kier molecular flexibility index (Phi) is 5.11. The molecule has 0 bridgehead atoms.